The minimum Gasteiger partial charge on any atom is -0.379 e. The second kappa shape index (κ2) is 5.42. The maximum Gasteiger partial charge on any atom is 0.270 e. The van der Waals surface area contributed by atoms with Crippen LogP contribution in [0.5, 0.6) is 0 Å². The Bertz CT molecular complexity index is 797. The van der Waals surface area contributed by atoms with Crippen molar-refractivity contribution >= 4 is 22.3 Å². The third-order valence-electron chi connectivity index (χ3n) is 4.30. The van der Waals surface area contributed by atoms with Crippen LogP contribution in [0.2, 0.25) is 0 Å². The number of nitrogens with one attached hydrogen (secondary N) is 1. The molecule has 3 rings (SSSR count). The van der Waals surface area contributed by atoms with Crippen LogP contribution in [0.1, 0.15) is 12.8 Å². The van der Waals surface area contributed by atoms with Crippen molar-refractivity contribution in [3.05, 3.63) is 44.7 Å². The molecule has 2 atom stereocenters. The largest absolute Gasteiger partial charge is 0.379 e. The molecular formula is C15H17N3O4. The molecule has 0 aliphatic heterocycles. The standard InChI is InChI=1S/C15H17N3O4/c1-17-13-5-3-9(18(20)21)7-10(13)12(8-15(17)19)16-11-4-6-14(11)22-2/h3,5,7-8,11,14,16H,4,6H2,1-2H3/t11-,14+/m1/s1. The first-order valence-corrected chi connectivity index (χ1v) is 7.09. The SMILES string of the molecule is CO[C@H]1CC[C@H]1Nc1cc(=O)n(C)c2ccc([N+](=O)[O-])cc12. The Morgan fingerprint density at radius 3 is 2.73 bits per heavy atom. The van der Waals surface area contributed by atoms with E-state index in [1.54, 1.807) is 20.2 Å². The number of non-ortho nitro benzene ring substituents is 1. The van der Waals surface area contributed by atoms with E-state index in [9.17, 15) is 14.9 Å². The molecule has 0 unspecified atom stereocenters. The molecule has 0 spiro atoms. The molecular weight excluding hydrogens is 286 g/mol. The molecule has 1 aliphatic carbocycles. The Morgan fingerprint density at radius 1 is 1.36 bits per heavy atom. The summed E-state index contributed by atoms with van der Waals surface area (Å²) < 4.78 is 6.83. The zero-order chi connectivity index (χ0) is 15.9. The van der Waals surface area contributed by atoms with Crippen molar-refractivity contribution in [2.45, 2.75) is 25.0 Å². The summed E-state index contributed by atoms with van der Waals surface area (Å²) in [4.78, 5) is 22.6. The number of hydrogen-bond donors (Lipinski definition) is 1. The summed E-state index contributed by atoms with van der Waals surface area (Å²) >= 11 is 0. The lowest BCUT2D eigenvalue weighted by molar-refractivity contribution is -0.384. The van der Waals surface area contributed by atoms with Gasteiger partial charge in [-0.2, -0.15) is 0 Å². The number of ether oxygens (including phenoxy) is 1. The highest BCUT2D eigenvalue weighted by Gasteiger charge is 2.31. The lowest BCUT2D eigenvalue weighted by Crippen LogP contribution is -2.44. The van der Waals surface area contributed by atoms with Gasteiger partial charge in [0.05, 0.1) is 22.6 Å². The number of fused-ring (bicyclic) bond motifs is 1. The quantitative estimate of drug-likeness (QED) is 0.690. The highest BCUT2D eigenvalue weighted by Crippen LogP contribution is 2.31. The van der Waals surface area contributed by atoms with Crippen molar-refractivity contribution in [3.8, 4) is 0 Å². The van der Waals surface area contributed by atoms with Crippen LogP contribution in [0.3, 0.4) is 0 Å². The van der Waals surface area contributed by atoms with E-state index in [-0.39, 0.29) is 23.4 Å². The van der Waals surface area contributed by atoms with E-state index in [1.807, 2.05) is 0 Å². The second-order valence-electron chi connectivity index (χ2n) is 5.52. The van der Waals surface area contributed by atoms with Crippen LogP contribution in [-0.2, 0) is 11.8 Å². The smallest absolute Gasteiger partial charge is 0.270 e. The van der Waals surface area contributed by atoms with E-state index in [0.717, 1.165) is 12.8 Å². The number of anilines is 1. The fourth-order valence-corrected chi connectivity index (χ4v) is 2.80. The van der Waals surface area contributed by atoms with Gasteiger partial charge in [-0.05, 0) is 18.9 Å². The third kappa shape index (κ3) is 2.33. The number of hydrogen-bond acceptors (Lipinski definition) is 5. The van der Waals surface area contributed by atoms with E-state index in [1.165, 1.54) is 22.8 Å². The van der Waals surface area contributed by atoms with Crippen molar-refractivity contribution in [2.75, 3.05) is 12.4 Å². The highest BCUT2D eigenvalue weighted by atomic mass is 16.6. The molecule has 1 N–H and O–H groups in total. The summed E-state index contributed by atoms with van der Waals surface area (Å²) in [5.41, 5.74) is 1.13. The van der Waals surface area contributed by atoms with Crippen LogP contribution in [0, 0.1) is 10.1 Å². The number of methoxy groups -OCH3 is 1. The van der Waals surface area contributed by atoms with Crippen LogP contribution in [0.25, 0.3) is 10.9 Å². The van der Waals surface area contributed by atoms with Crippen LogP contribution < -0.4 is 10.9 Å². The summed E-state index contributed by atoms with van der Waals surface area (Å²) in [6.45, 7) is 0. The van der Waals surface area contributed by atoms with Crippen LogP contribution in [0.15, 0.2) is 29.1 Å². The fraction of sp³-hybridized carbons (Fsp3) is 0.400. The molecule has 1 heterocycles. The first-order chi connectivity index (χ1) is 10.5. The predicted molar refractivity (Wildman–Crippen MR) is 83.3 cm³/mol. The van der Waals surface area contributed by atoms with Crippen molar-refractivity contribution in [1.82, 2.24) is 4.57 Å². The molecule has 0 bridgehead atoms. The topological polar surface area (TPSA) is 86.4 Å². The fourth-order valence-electron chi connectivity index (χ4n) is 2.80. The van der Waals surface area contributed by atoms with Crippen molar-refractivity contribution in [3.63, 3.8) is 0 Å². The highest BCUT2D eigenvalue weighted by molar-refractivity contribution is 5.93. The van der Waals surface area contributed by atoms with Crippen molar-refractivity contribution < 1.29 is 9.66 Å². The molecule has 1 fully saturated rings. The lowest BCUT2D eigenvalue weighted by Gasteiger charge is -2.36. The Hall–Kier alpha value is -2.41. The Labute approximate surface area is 126 Å². The molecule has 22 heavy (non-hydrogen) atoms. The summed E-state index contributed by atoms with van der Waals surface area (Å²) in [7, 11) is 3.31. The normalized spacial score (nSPS) is 20.6. The van der Waals surface area contributed by atoms with Gasteiger partial charge in [-0.1, -0.05) is 0 Å². The van der Waals surface area contributed by atoms with E-state index >= 15 is 0 Å². The van der Waals surface area contributed by atoms with Gasteiger partial charge < -0.3 is 14.6 Å². The maximum atomic E-state index is 12.1. The molecule has 0 saturated heterocycles. The lowest BCUT2D eigenvalue weighted by atomic mass is 9.88. The zero-order valence-corrected chi connectivity index (χ0v) is 12.4. The van der Waals surface area contributed by atoms with Gasteiger partial charge in [0, 0.05) is 43.4 Å². The Morgan fingerprint density at radius 2 is 2.14 bits per heavy atom. The maximum absolute atomic E-state index is 12.1. The Kier molecular flexibility index (Phi) is 3.58. The average Bonchev–Trinajstić information content (AvgIpc) is 2.48. The van der Waals surface area contributed by atoms with Gasteiger partial charge in [-0.3, -0.25) is 14.9 Å². The summed E-state index contributed by atoms with van der Waals surface area (Å²) in [5.74, 6) is 0. The molecule has 0 radical (unpaired) electrons. The van der Waals surface area contributed by atoms with E-state index in [2.05, 4.69) is 5.32 Å². The molecule has 2 aromatic rings. The molecule has 1 aromatic carbocycles. The van der Waals surface area contributed by atoms with Crippen LogP contribution >= 0.6 is 0 Å². The molecule has 0 amide bonds. The van der Waals surface area contributed by atoms with Gasteiger partial charge in [0.15, 0.2) is 0 Å². The number of nitro groups is 1. The van der Waals surface area contributed by atoms with E-state index in [0.29, 0.717) is 16.6 Å². The number of nitrogens with zero attached hydrogens (tertiary/aromatic N) is 2. The first kappa shape index (κ1) is 14.5. The van der Waals surface area contributed by atoms with Crippen LogP contribution in [0.4, 0.5) is 11.4 Å². The van der Waals surface area contributed by atoms with Gasteiger partial charge in [0.1, 0.15) is 0 Å². The van der Waals surface area contributed by atoms with E-state index in [4.69, 9.17) is 4.74 Å². The van der Waals surface area contributed by atoms with Crippen molar-refractivity contribution in [1.29, 1.82) is 0 Å². The number of nitro benzene ring substituents is 1. The predicted octanol–water partition coefficient (Wildman–Crippen LogP) is 2.04. The van der Waals surface area contributed by atoms with Crippen molar-refractivity contribution in [2.24, 2.45) is 7.05 Å². The third-order valence-corrected chi connectivity index (χ3v) is 4.30. The number of pyridine rings is 1. The number of rotatable bonds is 4. The van der Waals surface area contributed by atoms with Gasteiger partial charge in [0.2, 0.25) is 0 Å². The monoisotopic (exact) mass is 303 g/mol. The summed E-state index contributed by atoms with van der Waals surface area (Å²) in [6, 6.07) is 6.12. The minimum atomic E-state index is -0.435. The molecule has 1 saturated carbocycles. The number of benzene rings is 1. The summed E-state index contributed by atoms with van der Waals surface area (Å²) in [5, 5.41) is 15.0. The van der Waals surface area contributed by atoms with Gasteiger partial charge in [-0.25, -0.2) is 0 Å². The van der Waals surface area contributed by atoms with Crippen LogP contribution in [-0.4, -0.2) is 28.7 Å². The van der Waals surface area contributed by atoms with E-state index < -0.39 is 4.92 Å². The number of aryl methyl sites for hydroxylation is 1. The molecule has 7 nitrogen and oxygen atoms in total. The molecule has 1 aromatic heterocycles. The van der Waals surface area contributed by atoms with Gasteiger partial charge in [-0.15, -0.1) is 0 Å². The van der Waals surface area contributed by atoms with Gasteiger partial charge >= 0.3 is 0 Å². The summed E-state index contributed by atoms with van der Waals surface area (Å²) in [6.07, 6.45) is 2.03. The minimum absolute atomic E-state index is 0.00565. The first-order valence-electron chi connectivity index (χ1n) is 7.09. The molecule has 1 aliphatic rings. The average molecular weight is 303 g/mol. The van der Waals surface area contributed by atoms with Gasteiger partial charge in [0.25, 0.3) is 11.2 Å². The molecule has 116 valence electrons. The number of aromatic nitrogens is 1. The zero-order valence-electron chi connectivity index (χ0n) is 12.4. The molecule has 7 heteroatoms. The Balaban J connectivity index is 2.11. The second-order valence-corrected chi connectivity index (χ2v) is 5.52.